The molecule has 0 N–H and O–H groups in total. The Morgan fingerprint density at radius 1 is 1.11 bits per heavy atom. The maximum absolute atomic E-state index is 6.45. The average molecular weight is 383 g/mol. The summed E-state index contributed by atoms with van der Waals surface area (Å²) in [5, 5.41) is 9.42. The molecular formula is C19H19ClN6O. The number of aromatic nitrogens is 6. The lowest BCUT2D eigenvalue weighted by molar-refractivity contribution is -0.0384. The second-order valence-electron chi connectivity index (χ2n) is 6.73. The minimum atomic E-state index is -0.0370. The first-order chi connectivity index (χ1) is 13.2. The van der Waals surface area contributed by atoms with Crippen molar-refractivity contribution in [2.24, 2.45) is 7.05 Å². The molecule has 0 spiro atoms. The number of fused-ring (bicyclic) bond motifs is 1. The van der Waals surface area contributed by atoms with Crippen LogP contribution in [0.5, 0.6) is 0 Å². The van der Waals surface area contributed by atoms with Crippen LogP contribution >= 0.6 is 11.6 Å². The van der Waals surface area contributed by atoms with Crippen LogP contribution in [0.3, 0.4) is 0 Å². The van der Waals surface area contributed by atoms with E-state index in [0.29, 0.717) is 5.02 Å². The molecule has 1 saturated heterocycles. The Labute approximate surface area is 161 Å². The van der Waals surface area contributed by atoms with Gasteiger partial charge in [0.1, 0.15) is 5.65 Å². The molecule has 4 aromatic rings. The number of imidazole rings is 1. The molecule has 0 aromatic carbocycles. The highest BCUT2D eigenvalue weighted by Crippen LogP contribution is 2.32. The Bertz CT molecular complexity index is 1100. The Morgan fingerprint density at radius 2 is 1.96 bits per heavy atom. The molecule has 5 heterocycles. The second-order valence-corrected chi connectivity index (χ2v) is 7.17. The molecule has 1 aliphatic rings. The van der Waals surface area contributed by atoms with Gasteiger partial charge in [0.05, 0.1) is 28.3 Å². The fraction of sp³-hybridized carbons (Fsp3) is 0.316. The number of rotatable bonds is 3. The molecule has 0 saturated carbocycles. The van der Waals surface area contributed by atoms with E-state index in [4.69, 9.17) is 16.3 Å². The summed E-state index contributed by atoms with van der Waals surface area (Å²) in [6.07, 6.45) is 10.5. The Balaban J connectivity index is 1.67. The SMILES string of the molecule is Cn1nccc1-c1cc(Cl)cn2c(-c3ccnn3C3CCCCO3)cnc12. The van der Waals surface area contributed by atoms with Crippen molar-refractivity contribution in [1.82, 2.24) is 28.9 Å². The Hall–Kier alpha value is -2.64. The molecule has 138 valence electrons. The molecule has 1 unspecified atom stereocenters. The van der Waals surface area contributed by atoms with Crippen molar-refractivity contribution in [3.8, 4) is 22.6 Å². The molecular weight excluding hydrogens is 364 g/mol. The van der Waals surface area contributed by atoms with Gasteiger partial charge in [-0.1, -0.05) is 11.6 Å². The molecule has 8 heteroatoms. The Kier molecular flexibility index (Phi) is 3.98. The van der Waals surface area contributed by atoms with E-state index in [-0.39, 0.29) is 6.23 Å². The fourth-order valence-electron chi connectivity index (χ4n) is 3.73. The van der Waals surface area contributed by atoms with Crippen LogP contribution in [0.25, 0.3) is 28.3 Å². The van der Waals surface area contributed by atoms with E-state index in [0.717, 1.165) is 54.2 Å². The predicted octanol–water partition coefficient (Wildman–Crippen LogP) is 3.95. The number of halogens is 1. The van der Waals surface area contributed by atoms with Gasteiger partial charge in [0.15, 0.2) is 6.23 Å². The highest BCUT2D eigenvalue weighted by Gasteiger charge is 2.22. The standard InChI is InChI=1S/C19H19ClN6O/c1-24-15(5-7-22-24)14-10-13(20)12-25-17(11-21-19(14)25)16-6-8-23-26(16)18-4-2-3-9-27-18/h5-8,10-12,18H,2-4,9H2,1H3. The van der Waals surface area contributed by atoms with Crippen LogP contribution in [-0.2, 0) is 11.8 Å². The van der Waals surface area contributed by atoms with Crippen molar-refractivity contribution in [3.05, 3.63) is 48.0 Å². The van der Waals surface area contributed by atoms with Crippen LogP contribution in [0, 0.1) is 0 Å². The van der Waals surface area contributed by atoms with E-state index in [9.17, 15) is 0 Å². The van der Waals surface area contributed by atoms with Crippen molar-refractivity contribution in [3.63, 3.8) is 0 Å². The smallest absolute Gasteiger partial charge is 0.150 e. The zero-order chi connectivity index (χ0) is 18.4. The average Bonchev–Trinajstić information content (AvgIpc) is 3.40. The lowest BCUT2D eigenvalue weighted by atomic mass is 10.2. The van der Waals surface area contributed by atoms with Gasteiger partial charge in [-0.25, -0.2) is 9.67 Å². The molecule has 4 aromatic heterocycles. The van der Waals surface area contributed by atoms with Crippen LogP contribution in [0.15, 0.2) is 43.0 Å². The van der Waals surface area contributed by atoms with Crippen LogP contribution in [0.4, 0.5) is 0 Å². The van der Waals surface area contributed by atoms with Gasteiger partial charge in [-0.2, -0.15) is 10.2 Å². The van der Waals surface area contributed by atoms with Crippen LogP contribution in [0.1, 0.15) is 25.5 Å². The number of hydrogen-bond donors (Lipinski definition) is 0. The van der Waals surface area contributed by atoms with Crippen LogP contribution in [-0.4, -0.2) is 35.6 Å². The van der Waals surface area contributed by atoms with Crippen molar-refractivity contribution in [1.29, 1.82) is 0 Å². The van der Waals surface area contributed by atoms with Crippen molar-refractivity contribution in [2.45, 2.75) is 25.5 Å². The van der Waals surface area contributed by atoms with Gasteiger partial charge < -0.3 is 4.74 Å². The van der Waals surface area contributed by atoms with Gasteiger partial charge >= 0.3 is 0 Å². The topological polar surface area (TPSA) is 62.2 Å². The number of hydrogen-bond acceptors (Lipinski definition) is 4. The summed E-state index contributed by atoms with van der Waals surface area (Å²) < 4.78 is 11.7. The van der Waals surface area contributed by atoms with E-state index in [1.165, 1.54) is 0 Å². The molecule has 27 heavy (non-hydrogen) atoms. The molecule has 7 nitrogen and oxygen atoms in total. The van der Waals surface area contributed by atoms with Gasteiger partial charge in [0.25, 0.3) is 0 Å². The third-order valence-corrected chi connectivity index (χ3v) is 5.24. The summed E-state index contributed by atoms with van der Waals surface area (Å²) in [4.78, 5) is 4.68. The van der Waals surface area contributed by atoms with Crippen LogP contribution < -0.4 is 0 Å². The van der Waals surface area contributed by atoms with Gasteiger partial charge in [0.2, 0.25) is 0 Å². The number of aryl methyl sites for hydroxylation is 1. The van der Waals surface area contributed by atoms with Crippen molar-refractivity contribution >= 4 is 17.2 Å². The van der Waals surface area contributed by atoms with E-state index in [1.54, 1.807) is 12.4 Å². The van der Waals surface area contributed by atoms with Crippen LogP contribution in [0.2, 0.25) is 5.02 Å². The minimum Gasteiger partial charge on any atom is -0.356 e. The largest absolute Gasteiger partial charge is 0.356 e. The lowest BCUT2D eigenvalue weighted by Crippen LogP contribution is -2.20. The lowest BCUT2D eigenvalue weighted by Gasteiger charge is -2.24. The number of ether oxygens (including phenoxy) is 1. The molecule has 1 fully saturated rings. The molecule has 0 bridgehead atoms. The highest BCUT2D eigenvalue weighted by atomic mass is 35.5. The first kappa shape index (κ1) is 16.5. The molecule has 5 rings (SSSR count). The fourth-order valence-corrected chi connectivity index (χ4v) is 3.94. The van der Waals surface area contributed by atoms with E-state index >= 15 is 0 Å². The van der Waals surface area contributed by atoms with E-state index in [1.807, 2.05) is 51.4 Å². The Morgan fingerprint density at radius 3 is 2.74 bits per heavy atom. The molecule has 0 aliphatic carbocycles. The van der Waals surface area contributed by atoms with Crippen molar-refractivity contribution in [2.75, 3.05) is 6.61 Å². The summed E-state index contributed by atoms with van der Waals surface area (Å²) in [5.74, 6) is 0. The number of nitrogens with zero attached hydrogens (tertiary/aromatic N) is 6. The second kappa shape index (κ2) is 6.51. The number of pyridine rings is 1. The zero-order valence-corrected chi connectivity index (χ0v) is 15.7. The molecule has 0 radical (unpaired) electrons. The first-order valence-electron chi connectivity index (χ1n) is 9.03. The summed E-state index contributed by atoms with van der Waals surface area (Å²) in [7, 11) is 1.91. The summed E-state index contributed by atoms with van der Waals surface area (Å²) >= 11 is 6.45. The maximum atomic E-state index is 6.45. The van der Waals surface area contributed by atoms with E-state index < -0.39 is 0 Å². The maximum Gasteiger partial charge on any atom is 0.150 e. The summed E-state index contributed by atoms with van der Waals surface area (Å²) in [5.41, 5.74) is 4.63. The molecule has 1 aliphatic heterocycles. The third kappa shape index (κ3) is 2.74. The highest BCUT2D eigenvalue weighted by molar-refractivity contribution is 6.31. The van der Waals surface area contributed by atoms with Gasteiger partial charge in [0, 0.05) is 37.8 Å². The van der Waals surface area contributed by atoms with E-state index in [2.05, 4.69) is 15.2 Å². The first-order valence-corrected chi connectivity index (χ1v) is 9.40. The predicted molar refractivity (Wildman–Crippen MR) is 102 cm³/mol. The van der Waals surface area contributed by atoms with Gasteiger partial charge in [-0.3, -0.25) is 9.08 Å². The van der Waals surface area contributed by atoms with Gasteiger partial charge in [-0.05, 0) is 37.5 Å². The van der Waals surface area contributed by atoms with Crippen molar-refractivity contribution < 1.29 is 4.74 Å². The summed E-state index contributed by atoms with van der Waals surface area (Å²) in [6.45, 7) is 0.771. The normalized spacial score (nSPS) is 17.6. The molecule has 1 atom stereocenters. The quantitative estimate of drug-likeness (QED) is 0.538. The third-order valence-electron chi connectivity index (χ3n) is 5.03. The zero-order valence-electron chi connectivity index (χ0n) is 14.9. The minimum absolute atomic E-state index is 0.0370. The molecule has 0 amide bonds. The monoisotopic (exact) mass is 382 g/mol. The van der Waals surface area contributed by atoms with Gasteiger partial charge in [-0.15, -0.1) is 0 Å². The summed E-state index contributed by atoms with van der Waals surface area (Å²) in [6, 6.07) is 5.87.